The van der Waals surface area contributed by atoms with Crippen molar-refractivity contribution >= 4 is 15.9 Å². The first-order chi connectivity index (χ1) is 14.2. The van der Waals surface area contributed by atoms with Gasteiger partial charge in [-0.2, -0.15) is 4.98 Å². The molecule has 3 heterocycles. The van der Waals surface area contributed by atoms with Crippen LogP contribution in [0.2, 0.25) is 0 Å². The summed E-state index contributed by atoms with van der Waals surface area (Å²) in [5, 5.41) is 12.6. The molecule has 0 bridgehead atoms. The second-order valence-electron chi connectivity index (χ2n) is 6.54. The number of hydrogen-bond acceptors (Lipinski definition) is 7. The molecule has 0 aliphatic carbocycles. The van der Waals surface area contributed by atoms with Gasteiger partial charge >= 0.3 is 0 Å². The van der Waals surface area contributed by atoms with Crippen molar-refractivity contribution in [3.8, 4) is 28.7 Å². The summed E-state index contributed by atoms with van der Waals surface area (Å²) in [4.78, 5) is 4.49. The van der Waals surface area contributed by atoms with Gasteiger partial charge < -0.3 is 14.0 Å². The zero-order valence-corrected chi connectivity index (χ0v) is 17.0. The Bertz CT molecular complexity index is 1160. The summed E-state index contributed by atoms with van der Waals surface area (Å²) in [6, 6.07) is 15.6. The molecule has 146 valence electrons. The Morgan fingerprint density at radius 3 is 2.79 bits per heavy atom. The highest BCUT2D eigenvalue weighted by molar-refractivity contribution is 9.10. The summed E-state index contributed by atoms with van der Waals surface area (Å²) in [5.41, 5.74) is 3.19. The van der Waals surface area contributed by atoms with Crippen molar-refractivity contribution in [2.75, 3.05) is 7.11 Å². The highest BCUT2D eigenvalue weighted by atomic mass is 79.9. The first-order valence-corrected chi connectivity index (χ1v) is 9.79. The van der Waals surface area contributed by atoms with E-state index >= 15 is 0 Å². The maximum absolute atomic E-state index is 6.05. The molecule has 2 aromatic carbocycles. The van der Waals surface area contributed by atoms with E-state index < -0.39 is 0 Å². The predicted molar refractivity (Wildman–Crippen MR) is 107 cm³/mol. The SMILES string of the molecule is COc1ccccc1-c1noc(-c2nnn3c2CO[C@@H](c2ccc(Br)cc2)C3)n1. The smallest absolute Gasteiger partial charge is 0.280 e. The maximum atomic E-state index is 6.05. The Balaban J connectivity index is 1.42. The van der Waals surface area contributed by atoms with Gasteiger partial charge in [-0.15, -0.1) is 5.10 Å². The summed E-state index contributed by atoms with van der Waals surface area (Å²) in [6.07, 6.45) is -0.0861. The summed E-state index contributed by atoms with van der Waals surface area (Å²) in [5.74, 6) is 1.41. The van der Waals surface area contributed by atoms with Gasteiger partial charge in [0.15, 0.2) is 5.69 Å². The Kier molecular flexibility index (Phi) is 4.61. The van der Waals surface area contributed by atoms with E-state index in [9.17, 15) is 0 Å². The molecule has 9 heteroatoms. The molecule has 1 aliphatic rings. The van der Waals surface area contributed by atoms with Gasteiger partial charge in [-0.25, -0.2) is 4.68 Å². The second-order valence-corrected chi connectivity index (χ2v) is 7.46. The van der Waals surface area contributed by atoms with E-state index in [4.69, 9.17) is 14.0 Å². The molecule has 1 atom stereocenters. The zero-order chi connectivity index (χ0) is 19.8. The van der Waals surface area contributed by atoms with Gasteiger partial charge in [0, 0.05) is 4.47 Å². The minimum atomic E-state index is -0.0861. The first-order valence-electron chi connectivity index (χ1n) is 9.00. The topological polar surface area (TPSA) is 88.1 Å². The molecule has 4 aromatic rings. The van der Waals surface area contributed by atoms with Gasteiger partial charge in [0.05, 0.1) is 31.5 Å². The molecule has 0 saturated heterocycles. The van der Waals surface area contributed by atoms with Crippen molar-refractivity contribution in [1.29, 1.82) is 0 Å². The van der Waals surface area contributed by atoms with Gasteiger partial charge in [-0.1, -0.05) is 50.6 Å². The minimum absolute atomic E-state index is 0.0861. The lowest BCUT2D eigenvalue weighted by Gasteiger charge is -2.24. The van der Waals surface area contributed by atoms with E-state index in [0.717, 1.165) is 21.3 Å². The third-order valence-corrected chi connectivity index (χ3v) is 5.34. The van der Waals surface area contributed by atoms with Gasteiger partial charge in [-0.3, -0.25) is 0 Å². The third-order valence-electron chi connectivity index (χ3n) is 4.82. The van der Waals surface area contributed by atoms with Crippen LogP contribution in [0.25, 0.3) is 23.0 Å². The van der Waals surface area contributed by atoms with Crippen LogP contribution in [-0.2, 0) is 17.9 Å². The number of ether oxygens (including phenoxy) is 2. The number of aromatic nitrogens is 5. The summed E-state index contributed by atoms with van der Waals surface area (Å²) >= 11 is 3.45. The van der Waals surface area contributed by atoms with Crippen molar-refractivity contribution in [2.45, 2.75) is 19.3 Å². The summed E-state index contributed by atoms with van der Waals surface area (Å²) < 4.78 is 19.8. The minimum Gasteiger partial charge on any atom is -0.496 e. The van der Waals surface area contributed by atoms with Crippen LogP contribution < -0.4 is 4.74 Å². The average molecular weight is 454 g/mol. The van der Waals surface area contributed by atoms with E-state index in [0.29, 0.717) is 36.3 Å². The van der Waals surface area contributed by atoms with Gasteiger partial charge in [0.25, 0.3) is 5.89 Å². The van der Waals surface area contributed by atoms with Crippen molar-refractivity contribution < 1.29 is 14.0 Å². The molecule has 0 amide bonds. The van der Waals surface area contributed by atoms with Crippen LogP contribution in [0.1, 0.15) is 17.4 Å². The molecule has 0 spiro atoms. The van der Waals surface area contributed by atoms with E-state index in [-0.39, 0.29) is 6.10 Å². The third kappa shape index (κ3) is 3.32. The molecule has 0 radical (unpaired) electrons. The number of para-hydroxylation sites is 1. The van der Waals surface area contributed by atoms with E-state index in [1.54, 1.807) is 7.11 Å². The van der Waals surface area contributed by atoms with E-state index in [1.165, 1.54) is 0 Å². The number of nitrogens with zero attached hydrogens (tertiary/aromatic N) is 5. The highest BCUT2D eigenvalue weighted by Crippen LogP contribution is 2.33. The van der Waals surface area contributed by atoms with Crippen molar-refractivity contribution in [2.24, 2.45) is 0 Å². The Labute approximate surface area is 174 Å². The Hall–Kier alpha value is -3.04. The lowest BCUT2D eigenvalue weighted by Crippen LogP contribution is -2.22. The first kappa shape index (κ1) is 18.0. The van der Waals surface area contributed by atoms with Gasteiger partial charge in [0.1, 0.15) is 11.9 Å². The molecule has 29 heavy (non-hydrogen) atoms. The zero-order valence-electron chi connectivity index (χ0n) is 15.4. The summed E-state index contributed by atoms with van der Waals surface area (Å²) in [7, 11) is 1.61. The van der Waals surface area contributed by atoms with Crippen LogP contribution in [-0.4, -0.2) is 32.2 Å². The monoisotopic (exact) mass is 453 g/mol. The normalized spacial score (nSPS) is 15.9. The number of methoxy groups -OCH3 is 1. The van der Waals surface area contributed by atoms with E-state index in [1.807, 2.05) is 53.2 Å². The second kappa shape index (κ2) is 7.41. The lowest BCUT2D eigenvalue weighted by atomic mass is 10.1. The lowest BCUT2D eigenvalue weighted by molar-refractivity contribution is -0.00117. The van der Waals surface area contributed by atoms with Crippen LogP contribution in [0.15, 0.2) is 57.5 Å². The van der Waals surface area contributed by atoms with Crippen molar-refractivity contribution in [3.63, 3.8) is 0 Å². The largest absolute Gasteiger partial charge is 0.496 e. The summed E-state index contributed by atoms with van der Waals surface area (Å²) in [6.45, 7) is 0.924. The fourth-order valence-electron chi connectivity index (χ4n) is 3.32. The number of benzene rings is 2. The predicted octanol–water partition coefficient (Wildman–Crippen LogP) is 4.04. The fraction of sp³-hybridized carbons (Fsp3) is 0.200. The van der Waals surface area contributed by atoms with Gasteiger partial charge in [0.2, 0.25) is 5.82 Å². The molecule has 5 rings (SSSR count). The molecule has 0 unspecified atom stereocenters. The van der Waals surface area contributed by atoms with Crippen LogP contribution >= 0.6 is 15.9 Å². The van der Waals surface area contributed by atoms with Crippen LogP contribution in [0.3, 0.4) is 0 Å². The fourth-order valence-corrected chi connectivity index (χ4v) is 3.58. The quantitative estimate of drug-likeness (QED) is 0.460. The number of fused-ring (bicyclic) bond motifs is 1. The van der Waals surface area contributed by atoms with Crippen LogP contribution in [0.4, 0.5) is 0 Å². The number of halogens is 1. The number of rotatable bonds is 4. The number of hydrogen-bond donors (Lipinski definition) is 0. The molecular formula is C20H16BrN5O3. The molecule has 1 aliphatic heterocycles. The highest BCUT2D eigenvalue weighted by Gasteiger charge is 2.28. The molecule has 2 aromatic heterocycles. The molecule has 0 saturated carbocycles. The maximum Gasteiger partial charge on any atom is 0.280 e. The Morgan fingerprint density at radius 2 is 1.97 bits per heavy atom. The van der Waals surface area contributed by atoms with Crippen LogP contribution in [0.5, 0.6) is 5.75 Å². The molecule has 8 nitrogen and oxygen atoms in total. The molecule has 0 N–H and O–H groups in total. The average Bonchev–Trinajstić information content (AvgIpc) is 3.40. The standard InChI is InChI=1S/C20H16BrN5O3/c1-27-16-5-3-2-4-14(16)19-22-20(29-24-19)18-15-11-28-17(10-26(15)25-23-18)12-6-8-13(21)9-7-12/h2-9,17H,10-11H2,1H3/t17-/m1/s1. The van der Waals surface area contributed by atoms with Crippen molar-refractivity contribution in [3.05, 3.63) is 64.3 Å². The molecule has 0 fully saturated rings. The Morgan fingerprint density at radius 1 is 1.14 bits per heavy atom. The van der Waals surface area contributed by atoms with E-state index in [2.05, 4.69) is 36.4 Å². The van der Waals surface area contributed by atoms with Gasteiger partial charge in [-0.05, 0) is 29.8 Å². The van der Waals surface area contributed by atoms with Crippen LogP contribution in [0, 0.1) is 0 Å². The molecular weight excluding hydrogens is 438 g/mol. The van der Waals surface area contributed by atoms with Crippen molar-refractivity contribution in [1.82, 2.24) is 25.1 Å².